The molecule has 0 aliphatic rings. The molecule has 0 unspecified atom stereocenters. The summed E-state index contributed by atoms with van der Waals surface area (Å²) in [7, 11) is 0. The normalized spacial score (nSPS) is 11.8. The highest BCUT2D eigenvalue weighted by atomic mass is 16.6. The zero-order valence-electron chi connectivity index (χ0n) is 8.71. The van der Waals surface area contributed by atoms with Crippen LogP contribution in [0, 0.1) is 0 Å². The van der Waals surface area contributed by atoms with Gasteiger partial charge in [-0.05, 0) is 30.7 Å². The van der Waals surface area contributed by atoms with Crippen molar-refractivity contribution in [3.8, 4) is 5.75 Å². The summed E-state index contributed by atoms with van der Waals surface area (Å²) in [5, 5.41) is 17.7. The number of carboxylic acids is 1. The van der Waals surface area contributed by atoms with Gasteiger partial charge in [0.2, 0.25) is 0 Å². The molecule has 0 saturated carbocycles. The lowest BCUT2D eigenvalue weighted by Crippen LogP contribution is -2.26. The van der Waals surface area contributed by atoms with Crippen LogP contribution < -0.4 is 0 Å². The molecule has 86 valence electrons. The summed E-state index contributed by atoms with van der Waals surface area (Å²) < 4.78 is 4.77. The Bertz CT molecular complexity index is 382. The molecule has 0 amide bonds. The smallest absolute Gasteiger partial charge is 0.345 e. The molecule has 0 spiro atoms. The maximum absolute atomic E-state index is 11.5. The number of carbonyl (C=O) groups excluding carboxylic acids is 1. The Labute approximate surface area is 92.3 Å². The molecule has 0 aromatic heterocycles. The molecular weight excluding hydrogens is 212 g/mol. The van der Waals surface area contributed by atoms with E-state index in [0.717, 1.165) is 0 Å². The Morgan fingerprint density at radius 2 is 1.88 bits per heavy atom. The average Bonchev–Trinajstić information content (AvgIpc) is 2.26. The van der Waals surface area contributed by atoms with E-state index < -0.39 is 18.0 Å². The molecule has 0 heterocycles. The molecule has 0 saturated heterocycles. The second-order valence-electron chi connectivity index (χ2n) is 3.19. The Morgan fingerprint density at radius 3 is 2.31 bits per heavy atom. The summed E-state index contributed by atoms with van der Waals surface area (Å²) >= 11 is 0. The van der Waals surface area contributed by atoms with Crippen LogP contribution in [-0.4, -0.2) is 28.3 Å². The third-order valence-electron chi connectivity index (χ3n) is 2.00. The number of phenolic OH excluding ortho intramolecular Hbond substituents is 1. The van der Waals surface area contributed by atoms with E-state index in [-0.39, 0.29) is 17.7 Å². The molecule has 1 aromatic carbocycles. The number of aliphatic carboxylic acids is 1. The first-order valence-corrected chi connectivity index (χ1v) is 4.77. The van der Waals surface area contributed by atoms with Crippen molar-refractivity contribution in [2.45, 2.75) is 19.4 Å². The fraction of sp³-hybridized carbons (Fsp3) is 0.273. The molecule has 5 heteroatoms. The van der Waals surface area contributed by atoms with Gasteiger partial charge in [-0.1, -0.05) is 6.92 Å². The highest BCUT2D eigenvalue weighted by Crippen LogP contribution is 2.12. The van der Waals surface area contributed by atoms with Crippen molar-refractivity contribution in [2.24, 2.45) is 0 Å². The van der Waals surface area contributed by atoms with E-state index in [1.165, 1.54) is 24.3 Å². The van der Waals surface area contributed by atoms with Gasteiger partial charge >= 0.3 is 11.9 Å². The number of carbonyl (C=O) groups is 2. The molecule has 1 aromatic rings. The number of hydrogen-bond donors (Lipinski definition) is 2. The molecule has 2 N–H and O–H groups in total. The van der Waals surface area contributed by atoms with Crippen LogP contribution in [-0.2, 0) is 9.53 Å². The van der Waals surface area contributed by atoms with Crippen LogP contribution in [0.25, 0.3) is 0 Å². The summed E-state index contributed by atoms with van der Waals surface area (Å²) in [6, 6.07) is 5.40. The number of rotatable bonds is 4. The summed E-state index contributed by atoms with van der Waals surface area (Å²) in [5.74, 6) is -1.86. The standard InChI is InChI=1S/C11H12O5/c1-2-9(10(13)14)16-11(15)7-3-5-8(12)6-4-7/h3-6,9,12H,2H2,1H3,(H,13,14)/t9-/m1/s1. The molecule has 0 bridgehead atoms. The van der Waals surface area contributed by atoms with E-state index >= 15 is 0 Å². The van der Waals surface area contributed by atoms with Gasteiger partial charge in [-0.25, -0.2) is 9.59 Å². The Hall–Kier alpha value is -2.04. The monoisotopic (exact) mass is 224 g/mol. The van der Waals surface area contributed by atoms with Gasteiger partial charge in [0.05, 0.1) is 5.56 Å². The Balaban J connectivity index is 2.71. The number of carboxylic acid groups (broad SMARTS) is 1. The van der Waals surface area contributed by atoms with E-state index in [4.69, 9.17) is 14.9 Å². The second-order valence-corrected chi connectivity index (χ2v) is 3.19. The Kier molecular flexibility index (Phi) is 3.88. The molecule has 1 rings (SSSR count). The number of esters is 1. The van der Waals surface area contributed by atoms with E-state index in [1.807, 2.05) is 0 Å². The first-order valence-electron chi connectivity index (χ1n) is 4.77. The zero-order chi connectivity index (χ0) is 12.1. The van der Waals surface area contributed by atoms with Gasteiger partial charge in [-0.2, -0.15) is 0 Å². The number of ether oxygens (including phenoxy) is 1. The van der Waals surface area contributed by atoms with Gasteiger partial charge < -0.3 is 14.9 Å². The van der Waals surface area contributed by atoms with Crippen LogP contribution in [0.3, 0.4) is 0 Å². The van der Waals surface area contributed by atoms with Crippen LogP contribution in [0.4, 0.5) is 0 Å². The second kappa shape index (κ2) is 5.16. The molecule has 16 heavy (non-hydrogen) atoms. The van der Waals surface area contributed by atoms with E-state index in [0.29, 0.717) is 0 Å². The van der Waals surface area contributed by atoms with Crippen molar-refractivity contribution in [1.29, 1.82) is 0 Å². The predicted octanol–water partition coefficient (Wildman–Crippen LogP) is 1.41. The SMILES string of the molecule is CC[C@@H](OC(=O)c1ccc(O)cc1)C(=O)O. The Morgan fingerprint density at radius 1 is 1.31 bits per heavy atom. The molecule has 1 atom stereocenters. The van der Waals surface area contributed by atoms with Crippen LogP contribution in [0.2, 0.25) is 0 Å². The number of phenols is 1. The minimum atomic E-state index is -1.17. The molecule has 0 aliphatic carbocycles. The van der Waals surface area contributed by atoms with Gasteiger partial charge in [0.1, 0.15) is 5.75 Å². The summed E-state index contributed by atoms with van der Waals surface area (Å²) in [6.45, 7) is 1.61. The van der Waals surface area contributed by atoms with E-state index in [2.05, 4.69) is 0 Å². The van der Waals surface area contributed by atoms with Crippen LogP contribution >= 0.6 is 0 Å². The topological polar surface area (TPSA) is 83.8 Å². The maximum Gasteiger partial charge on any atom is 0.345 e. The minimum Gasteiger partial charge on any atom is -0.508 e. The van der Waals surface area contributed by atoms with Gasteiger partial charge in [-0.15, -0.1) is 0 Å². The summed E-state index contributed by atoms with van der Waals surface area (Å²) in [4.78, 5) is 22.1. The van der Waals surface area contributed by atoms with Gasteiger partial charge in [-0.3, -0.25) is 0 Å². The van der Waals surface area contributed by atoms with Crippen molar-refractivity contribution in [2.75, 3.05) is 0 Å². The quantitative estimate of drug-likeness (QED) is 0.755. The van der Waals surface area contributed by atoms with E-state index in [9.17, 15) is 9.59 Å². The lowest BCUT2D eigenvalue weighted by molar-refractivity contribution is -0.147. The van der Waals surface area contributed by atoms with Gasteiger partial charge in [0, 0.05) is 0 Å². The summed E-state index contributed by atoms with van der Waals surface area (Å²) in [6.07, 6.45) is -0.930. The van der Waals surface area contributed by atoms with Crippen LogP contribution in [0.1, 0.15) is 23.7 Å². The zero-order valence-corrected chi connectivity index (χ0v) is 8.71. The van der Waals surface area contributed by atoms with Gasteiger partial charge in [0.15, 0.2) is 6.10 Å². The van der Waals surface area contributed by atoms with Crippen molar-refractivity contribution in [3.63, 3.8) is 0 Å². The third-order valence-corrected chi connectivity index (χ3v) is 2.00. The van der Waals surface area contributed by atoms with Crippen molar-refractivity contribution in [3.05, 3.63) is 29.8 Å². The number of aromatic hydroxyl groups is 1. The molecular formula is C11H12O5. The molecule has 0 fully saturated rings. The third kappa shape index (κ3) is 2.98. The first-order chi connectivity index (χ1) is 7.54. The minimum absolute atomic E-state index is 0.0295. The summed E-state index contributed by atoms with van der Waals surface area (Å²) in [5.41, 5.74) is 0.206. The lowest BCUT2D eigenvalue weighted by atomic mass is 10.2. The fourth-order valence-electron chi connectivity index (χ4n) is 1.10. The van der Waals surface area contributed by atoms with Gasteiger partial charge in [0.25, 0.3) is 0 Å². The first kappa shape index (κ1) is 12.0. The number of hydrogen-bond acceptors (Lipinski definition) is 4. The van der Waals surface area contributed by atoms with Crippen LogP contribution in [0.15, 0.2) is 24.3 Å². The fourth-order valence-corrected chi connectivity index (χ4v) is 1.10. The highest BCUT2D eigenvalue weighted by Gasteiger charge is 2.20. The molecule has 0 radical (unpaired) electrons. The van der Waals surface area contributed by atoms with E-state index in [1.54, 1.807) is 6.92 Å². The van der Waals surface area contributed by atoms with Crippen LogP contribution in [0.5, 0.6) is 5.75 Å². The largest absolute Gasteiger partial charge is 0.508 e. The molecule has 0 aliphatic heterocycles. The highest BCUT2D eigenvalue weighted by molar-refractivity contribution is 5.91. The van der Waals surface area contributed by atoms with Crippen molar-refractivity contribution < 1.29 is 24.5 Å². The average molecular weight is 224 g/mol. The van der Waals surface area contributed by atoms with Crippen molar-refractivity contribution in [1.82, 2.24) is 0 Å². The number of benzene rings is 1. The lowest BCUT2D eigenvalue weighted by Gasteiger charge is -2.11. The van der Waals surface area contributed by atoms with Crippen molar-refractivity contribution >= 4 is 11.9 Å². The molecule has 5 nitrogen and oxygen atoms in total. The predicted molar refractivity (Wildman–Crippen MR) is 55.2 cm³/mol. The maximum atomic E-state index is 11.5.